The molecular formula is C15H17N3O4S. The van der Waals surface area contributed by atoms with Gasteiger partial charge in [0.2, 0.25) is 10.0 Å². The monoisotopic (exact) mass is 335 g/mol. The second kappa shape index (κ2) is 6.27. The molecule has 0 saturated heterocycles. The predicted octanol–water partition coefficient (Wildman–Crippen LogP) is 1.75. The molecule has 0 aliphatic rings. The smallest absolute Gasteiger partial charge is 0.337 e. The molecule has 0 radical (unpaired) electrons. The Morgan fingerprint density at radius 3 is 2.30 bits per heavy atom. The zero-order chi connectivity index (χ0) is 17.2. The molecule has 0 aliphatic heterocycles. The molecule has 0 heterocycles. The van der Waals surface area contributed by atoms with Crippen LogP contribution in [0.15, 0.2) is 41.3 Å². The summed E-state index contributed by atoms with van der Waals surface area (Å²) in [7, 11) is -2.91. The summed E-state index contributed by atoms with van der Waals surface area (Å²) < 4.78 is 28.3. The highest BCUT2D eigenvalue weighted by atomic mass is 32.2. The summed E-state index contributed by atoms with van der Waals surface area (Å²) in [6, 6.07) is 9.73. The topological polar surface area (TPSA) is 125 Å². The summed E-state index contributed by atoms with van der Waals surface area (Å²) >= 11 is 0. The van der Waals surface area contributed by atoms with Crippen molar-refractivity contribution in [3.05, 3.63) is 47.5 Å². The summed E-state index contributed by atoms with van der Waals surface area (Å²) in [4.78, 5) is 11.3. The lowest BCUT2D eigenvalue weighted by Gasteiger charge is -2.15. The number of nitrogens with two attached hydrogens (primary N) is 2. The van der Waals surface area contributed by atoms with E-state index in [4.69, 9.17) is 10.9 Å². The van der Waals surface area contributed by atoms with E-state index >= 15 is 0 Å². The minimum Gasteiger partial charge on any atom is -0.465 e. The maximum absolute atomic E-state index is 11.8. The van der Waals surface area contributed by atoms with Crippen molar-refractivity contribution in [3.8, 4) is 0 Å². The second-order valence-electron chi connectivity index (χ2n) is 4.97. The van der Waals surface area contributed by atoms with Crippen LogP contribution >= 0.6 is 0 Å². The number of esters is 1. The first-order chi connectivity index (χ1) is 10.7. The lowest BCUT2D eigenvalue weighted by molar-refractivity contribution is 0.0600. The fourth-order valence-electron chi connectivity index (χ4n) is 2.01. The van der Waals surface area contributed by atoms with E-state index in [1.165, 1.54) is 13.2 Å². The Hall–Kier alpha value is -2.58. The maximum atomic E-state index is 11.8. The van der Waals surface area contributed by atoms with E-state index in [0.717, 1.165) is 11.6 Å². The van der Waals surface area contributed by atoms with Gasteiger partial charge in [0.25, 0.3) is 0 Å². The predicted molar refractivity (Wildman–Crippen MR) is 88.0 cm³/mol. The summed E-state index contributed by atoms with van der Waals surface area (Å²) in [6.45, 7) is 1.93. The number of carbonyl (C=O) groups excluding carboxylic acids is 1. The number of aryl methyl sites for hydroxylation is 1. The number of sulfonamides is 1. The Morgan fingerprint density at radius 2 is 1.78 bits per heavy atom. The highest BCUT2D eigenvalue weighted by Crippen LogP contribution is 2.32. The third-order valence-corrected chi connectivity index (χ3v) is 4.12. The zero-order valence-corrected chi connectivity index (χ0v) is 13.5. The van der Waals surface area contributed by atoms with Crippen molar-refractivity contribution in [2.75, 3.05) is 18.2 Å². The molecule has 0 atom stereocenters. The second-order valence-corrected chi connectivity index (χ2v) is 6.50. The van der Waals surface area contributed by atoms with E-state index in [2.05, 4.69) is 10.1 Å². The molecular weight excluding hydrogens is 318 g/mol. The van der Waals surface area contributed by atoms with Crippen LogP contribution in [-0.4, -0.2) is 21.5 Å². The molecule has 0 aromatic heterocycles. The van der Waals surface area contributed by atoms with Gasteiger partial charge < -0.3 is 15.8 Å². The normalized spacial score (nSPS) is 11.1. The number of hydrogen-bond acceptors (Lipinski definition) is 6. The van der Waals surface area contributed by atoms with Gasteiger partial charge in [0.05, 0.1) is 24.0 Å². The van der Waals surface area contributed by atoms with Crippen LogP contribution in [0, 0.1) is 6.92 Å². The molecule has 0 saturated carbocycles. The minimum atomic E-state index is -4.10. The quantitative estimate of drug-likeness (QED) is 0.577. The first-order valence-electron chi connectivity index (χ1n) is 6.60. The number of nitrogens with one attached hydrogen (secondary N) is 1. The van der Waals surface area contributed by atoms with Gasteiger partial charge in [0.1, 0.15) is 4.90 Å². The first kappa shape index (κ1) is 16.8. The molecule has 0 bridgehead atoms. The third kappa shape index (κ3) is 3.79. The maximum Gasteiger partial charge on any atom is 0.337 e. The molecule has 0 fully saturated rings. The number of rotatable bonds is 4. The van der Waals surface area contributed by atoms with Gasteiger partial charge in [-0.1, -0.05) is 17.7 Å². The number of hydrogen-bond donors (Lipinski definition) is 3. The fraction of sp³-hybridized carbons (Fsp3) is 0.133. The molecule has 2 aromatic carbocycles. The number of primary sulfonamides is 1. The van der Waals surface area contributed by atoms with Crippen molar-refractivity contribution in [3.63, 3.8) is 0 Å². The van der Waals surface area contributed by atoms with Crippen LogP contribution in [0.1, 0.15) is 15.9 Å². The average Bonchev–Trinajstić information content (AvgIpc) is 2.49. The first-order valence-corrected chi connectivity index (χ1v) is 8.15. The summed E-state index contributed by atoms with van der Waals surface area (Å²) in [5.74, 6) is -0.705. The van der Waals surface area contributed by atoms with Gasteiger partial charge in [0, 0.05) is 5.69 Å². The molecule has 122 valence electrons. The van der Waals surface area contributed by atoms with Gasteiger partial charge in [-0.05, 0) is 31.2 Å². The molecule has 2 aromatic rings. The van der Waals surface area contributed by atoms with Crippen LogP contribution < -0.4 is 16.2 Å². The Morgan fingerprint density at radius 1 is 1.17 bits per heavy atom. The van der Waals surface area contributed by atoms with Crippen molar-refractivity contribution in [2.24, 2.45) is 5.14 Å². The van der Waals surface area contributed by atoms with Gasteiger partial charge >= 0.3 is 5.97 Å². The minimum absolute atomic E-state index is 0.00322. The van der Waals surface area contributed by atoms with Crippen molar-refractivity contribution in [1.29, 1.82) is 0 Å². The van der Waals surface area contributed by atoms with Crippen molar-refractivity contribution in [2.45, 2.75) is 11.8 Å². The summed E-state index contributed by atoms with van der Waals surface area (Å²) in [5.41, 5.74) is 7.77. The lowest BCUT2D eigenvalue weighted by Crippen LogP contribution is -2.17. The van der Waals surface area contributed by atoms with Crippen molar-refractivity contribution in [1.82, 2.24) is 0 Å². The largest absolute Gasteiger partial charge is 0.465 e. The molecule has 0 spiro atoms. The van der Waals surface area contributed by atoms with Gasteiger partial charge in [-0.15, -0.1) is 0 Å². The Labute approximate surface area is 134 Å². The highest BCUT2D eigenvalue weighted by Gasteiger charge is 2.21. The molecule has 0 unspecified atom stereocenters. The molecule has 0 amide bonds. The number of nitrogen functional groups attached to an aromatic ring is 1. The van der Waals surface area contributed by atoms with Crippen LogP contribution in [0.25, 0.3) is 0 Å². The van der Waals surface area contributed by atoms with E-state index in [1.807, 2.05) is 19.1 Å². The van der Waals surface area contributed by atoms with Gasteiger partial charge in [-0.3, -0.25) is 0 Å². The molecule has 7 nitrogen and oxygen atoms in total. The standard InChI is InChI=1S/C15H17N3O4S/c1-9-3-5-11(6-4-9)18-14-12(16)7-10(15(19)22-2)8-13(14)23(17,20)21/h3-8,18H,16H2,1-2H3,(H2,17,20,21). The van der Waals surface area contributed by atoms with Crippen molar-refractivity contribution >= 4 is 33.1 Å². The molecule has 23 heavy (non-hydrogen) atoms. The number of methoxy groups -OCH3 is 1. The van der Waals surface area contributed by atoms with Gasteiger partial charge in [0.15, 0.2) is 0 Å². The molecule has 2 rings (SSSR count). The Kier molecular flexibility index (Phi) is 4.57. The van der Waals surface area contributed by atoms with Crippen LogP contribution in [0.4, 0.5) is 17.1 Å². The SMILES string of the molecule is COC(=O)c1cc(N)c(Nc2ccc(C)cc2)c(S(N)(=O)=O)c1. The summed E-state index contributed by atoms with van der Waals surface area (Å²) in [6.07, 6.45) is 0. The third-order valence-electron chi connectivity index (χ3n) is 3.18. The fourth-order valence-corrected chi connectivity index (χ4v) is 2.76. The van der Waals surface area contributed by atoms with Gasteiger partial charge in [-0.2, -0.15) is 0 Å². The molecule has 0 aliphatic carbocycles. The Bertz CT molecular complexity index is 846. The van der Waals surface area contributed by atoms with E-state index in [-0.39, 0.29) is 21.8 Å². The Balaban J connectivity index is 2.57. The number of ether oxygens (including phenoxy) is 1. The number of anilines is 3. The average molecular weight is 335 g/mol. The van der Waals surface area contributed by atoms with Crippen LogP contribution in [0.3, 0.4) is 0 Å². The van der Waals surface area contributed by atoms with Crippen LogP contribution in [-0.2, 0) is 14.8 Å². The molecule has 8 heteroatoms. The van der Waals surface area contributed by atoms with Crippen LogP contribution in [0.2, 0.25) is 0 Å². The summed E-state index contributed by atoms with van der Waals surface area (Å²) in [5, 5.41) is 8.16. The zero-order valence-electron chi connectivity index (χ0n) is 12.7. The number of carbonyl (C=O) groups is 1. The van der Waals surface area contributed by atoms with E-state index in [9.17, 15) is 13.2 Å². The van der Waals surface area contributed by atoms with E-state index in [1.54, 1.807) is 12.1 Å². The van der Waals surface area contributed by atoms with Crippen molar-refractivity contribution < 1.29 is 17.9 Å². The lowest BCUT2D eigenvalue weighted by atomic mass is 10.1. The highest BCUT2D eigenvalue weighted by molar-refractivity contribution is 7.89. The molecule has 5 N–H and O–H groups in total. The van der Waals surface area contributed by atoms with Gasteiger partial charge in [-0.25, -0.2) is 18.4 Å². The van der Waals surface area contributed by atoms with E-state index < -0.39 is 16.0 Å². The van der Waals surface area contributed by atoms with Crippen LogP contribution in [0.5, 0.6) is 0 Å². The number of benzene rings is 2. The van der Waals surface area contributed by atoms with E-state index in [0.29, 0.717) is 5.69 Å².